The molecule has 0 spiro atoms. The van der Waals surface area contributed by atoms with Gasteiger partial charge < -0.3 is 10.4 Å². The molecule has 1 amide bonds. The van der Waals surface area contributed by atoms with Crippen LogP contribution in [0.5, 0.6) is 5.75 Å². The first-order chi connectivity index (χ1) is 7.65. The van der Waals surface area contributed by atoms with Crippen molar-refractivity contribution in [3.05, 3.63) is 28.8 Å². The van der Waals surface area contributed by atoms with Crippen LogP contribution in [0.1, 0.15) is 24.8 Å². The first-order valence-electron chi connectivity index (χ1n) is 5.42. The van der Waals surface area contributed by atoms with Gasteiger partial charge in [-0.05, 0) is 43.0 Å². The number of nitrogens with one attached hydrogen (secondary N) is 1. The number of carbonyl (C=O) groups is 1. The van der Waals surface area contributed by atoms with Crippen LogP contribution in [0.4, 0.5) is 0 Å². The van der Waals surface area contributed by atoms with Crippen molar-refractivity contribution < 1.29 is 9.90 Å². The molecule has 2 rings (SSSR count). The molecule has 1 aliphatic rings. The maximum atomic E-state index is 11.6. The molecule has 1 fully saturated rings. The van der Waals surface area contributed by atoms with Gasteiger partial charge in [-0.2, -0.15) is 0 Å². The molecule has 1 aromatic carbocycles. The van der Waals surface area contributed by atoms with Gasteiger partial charge in [-0.1, -0.05) is 11.6 Å². The first-order valence-corrected chi connectivity index (χ1v) is 5.79. The summed E-state index contributed by atoms with van der Waals surface area (Å²) < 4.78 is 0. The lowest BCUT2D eigenvalue weighted by Gasteiger charge is -2.26. The molecule has 0 heterocycles. The smallest absolute Gasteiger partial charge is 0.224 e. The number of phenols is 1. The molecule has 0 aromatic heterocycles. The number of carbonyl (C=O) groups excluding carboxylic acids is 1. The highest BCUT2D eigenvalue weighted by molar-refractivity contribution is 6.31. The highest BCUT2D eigenvalue weighted by Gasteiger charge is 2.19. The predicted molar refractivity (Wildman–Crippen MR) is 62.6 cm³/mol. The van der Waals surface area contributed by atoms with Gasteiger partial charge in [0, 0.05) is 11.1 Å². The Balaban J connectivity index is 1.96. The van der Waals surface area contributed by atoms with Crippen molar-refractivity contribution in [3.63, 3.8) is 0 Å². The second-order valence-electron chi connectivity index (χ2n) is 4.15. The highest BCUT2D eigenvalue weighted by Crippen LogP contribution is 2.22. The molecule has 1 aliphatic carbocycles. The molecule has 1 aromatic rings. The Hall–Kier alpha value is -1.22. The van der Waals surface area contributed by atoms with Gasteiger partial charge in [0.1, 0.15) is 5.75 Å². The van der Waals surface area contributed by atoms with E-state index in [-0.39, 0.29) is 18.1 Å². The van der Waals surface area contributed by atoms with E-state index in [1.807, 2.05) is 0 Å². The zero-order valence-corrected chi connectivity index (χ0v) is 9.63. The molecular weight excluding hydrogens is 226 g/mol. The van der Waals surface area contributed by atoms with Crippen LogP contribution in [-0.4, -0.2) is 17.1 Å². The van der Waals surface area contributed by atoms with Crippen molar-refractivity contribution >= 4 is 17.5 Å². The van der Waals surface area contributed by atoms with Crippen molar-refractivity contribution in [1.29, 1.82) is 0 Å². The number of rotatable bonds is 3. The molecule has 4 heteroatoms. The topological polar surface area (TPSA) is 49.3 Å². The number of hydrogen-bond donors (Lipinski definition) is 2. The zero-order chi connectivity index (χ0) is 11.5. The van der Waals surface area contributed by atoms with Gasteiger partial charge in [0.15, 0.2) is 0 Å². The summed E-state index contributed by atoms with van der Waals surface area (Å²) in [4.78, 5) is 11.6. The summed E-state index contributed by atoms with van der Waals surface area (Å²) in [6.07, 6.45) is 3.56. The fourth-order valence-electron chi connectivity index (χ4n) is 1.70. The molecule has 0 aliphatic heterocycles. The quantitative estimate of drug-likeness (QED) is 0.850. The number of hydrogen-bond acceptors (Lipinski definition) is 2. The third-order valence-electron chi connectivity index (χ3n) is 2.85. The Morgan fingerprint density at radius 2 is 2.25 bits per heavy atom. The van der Waals surface area contributed by atoms with Gasteiger partial charge in [-0.25, -0.2) is 0 Å². The van der Waals surface area contributed by atoms with Gasteiger partial charge in [-0.3, -0.25) is 4.79 Å². The Morgan fingerprint density at radius 1 is 1.50 bits per heavy atom. The molecule has 0 bridgehead atoms. The average molecular weight is 240 g/mol. The lowest BCUT2D eigenvalue weighted by molar-refractivity contribution is -0.121. The van der Waals surface area contributed by atoms with E-state index in [0.717, 1.165) is 12.8 Å². The van der Waals surface area contributed by atoms with E-state index in [4.69, 9.17) is 11.6 Å². The van der Waals surface area contributed by atoms with Crippen molar-refractivity contribution in [2.75, 3.05) is 0 Å². The van der Waals surface area contributed by atoms with Crippen LogP contribution in [-0.2, 0) is 11.2 Å². The second kappa shape index (κ2) is 4.74. The molecule has 2 N–H and O–H groups in total. The van der Waals surface area contributed by atoms with Crippen LogP contribution in [0.3, 0.4) is 0 Å². The first kappa shape index (κ1) is 11.3. The third kappa shape index (κ3) is 2.67. The summed E-state index contributed by atoms with van der Waals surface area (Å²) in [7, 11) is 0. The molecular formula is C12H14ClNO2. The molecule has 0 radical (unpaired) electrons. The third-order valence-corrected chi connectivity index (χ3v) is 3.22. The largest absolute Gasteiger partial charge is 0.508 e. The van der Waals surface area contributed by atoms with Crippen molar-refractivity contribution in [1.82, 2.24) is 5.32 Å². The van der Waals surface area contributed by atoms with Crippen LogP contribution in [0.15, 0.2) is 18.2 Å². The minimum absolute atomic E-state index is 0.0304. The summed E-state index contributed by atoms with van der Waals surface area (Å²) in [6, 6.07) is 4.98. The molecule has 1 saturated carbocycles. The molecule has 86 valence electrons. The van der Waals surface area contributed by atoms with Gasteiger partial charge in [-0.15, -0.1) is 0 Å². The van der Waals surface area contributed by atoms with Gasteiger partial charge in [0.05, 0.1) is 6.42 Å². The fourth-order valence-corrected chi connectivity index (χ4v) is 1.89. The maximum absolute atomic E-state index is 11.6. The van der Waals surface area contributed by atoms with Gasteiger partial charge in [0.2, 0.25) is 5.91 Å². The van der Waals surface area contributed by atoms with Crippen molar-refractivity contribution in [2.45, 2.75) is 31.7 Å². The number of halogens is 1. The van der Waals surface area contributed by atoms with Gasteiger partial charge >= 0.3 is 0 Å². The summed E-state index contributed by atoms with van der Waals surface area (Å²) in [5, 5.41) is 12.7. The van der Waals surface area contributed by atoms with Crippen LogP contribution in [0.2, 0.25) is 5.02 Å². The fraction of sp³-hybridized carbons (Fsp3) is 0.417. The van der Waals surface area contributed by atoms with Crippen LogP contribution in [0.25, 0.3) is 0 Å². The average Bonchev–Trinajstić information content (AvgIpc) is 2.18. The van der Waals surface area contributed by atoms with Crippen LogP contribution in [0, 0.1) is 0 Å². The predicted octanol–water partition coefficient (Wildman–Crippen LogP) is 2.26. The summed E-state index contributed by atoms with van der Waals surface area (Å²) >= 11 is 5.93. The highest BCUT2D eigenvalue weighted by atomic mass is 35.5. The van der Waals surface area contributed by atoms with Gasteiger partial charge in [0.25, 0.3) is 0 Å². The van der Waals surface area contributed by atoms with Crippen LogP contribution >= 0.6 is 11.6 Å². The lowest BCUT2D eigenvalue weighted by atomic mass is 9.93. The van der Waals surface area contributed by atoms with E-state index < -0.39 is 0 Å². The van der Waals surface area contributed by atoms with E-state index in [9.17, 15) is 9.90 Å². The van der Waals surface area contributed by atoms with E-state index >= 15 is 0 Å². The normalized spacial score (nSPS) is 15.6. The van der Waals surface area contributed by atoms with Crippen molar-refractivity contribution in [3.8, 4) is 5.75 Å². The van der Waals surface area contributed by atoms with E-state index in [0.29, 0.717) is 16.6 Å². The van der Waals surface area contributed by atoms with E-state index in [1.54, 1.807) is 6.07 Å². The number of aromatic hydroxyl groups is 1. The molecule has 0 unspecified atom stereocenters. The Kier molecular flexibility index (Phi) is 3.34. The van der Waals surface area contributed by atoms with E-state index in [1.165, 1.54) is 18.6 Å². The monoisotopic (exact) mass is 239 g/mol. The number of phenolic OH excluding ortho intramolecular Hbond substituents is 1. The summed E-state index contributed by atoms with van der Waals surface area (Å²) in [5.41, 5.74) is 0.665. The Bertz CT molecular complexity index is 402. The Morgan fingerprint density at radius 3 is 2.88 bits per heavy atom. The number of amides is 1. The Labute approximate surface area is 99.4 Å². The maximum Gasteiger partial charge on any atom is 0.224 e. The van der Waals surface area contributed by atoms with Crippen LogP contribution < -0.4 is 5.32 Å². The summed E-state index contributed by atoms with van der Waals surface area (Å²) in [5.74, 6) is 0.105. The van der Waals surface area contributed by atoms with E-state index in [2.05, 4.69) is 5.32 Å². The SMILES string of the molecule is O=C(Cc1cc(O)ccc1Cl)NC1CCC1. The minimum Gasteiger partial charge on any atom is -0.508 e. The second-order valence-corrected chi connectivity index (χ2v) is 4.56. The summed E-state index contributed by atoms with van der Waals surface area (Å²) in [6.45, 7) is 0. The number of benzene rings is 1. The molecule has 0 atom stereocenters. The minimum atomic E-state index is -0.0304. The molecule has 3 nitrogen and oxygen atoms in total. The molecule has 16 heavy (non-hydrogen) atoms. The lowest BCUT2D eigenvalue weighted by Crippen LogP contribution is -2.40. The standard InChI is InChI=1S/C12H14ClNO2/c13-11-5-4-10(15)6-8(11)7-12(16)14-9-2-1-3-9/h4-6,9,15H,1-3,7H2,(H,14,16). The van der Waals surface area contributed by atoms with Crippen molar-refractivity contribution in [2.24, 2.45) is 0 Å². The molecule has 0 saturated heterocycles. The zero-order valence-electron chi connectivity index (χ0n) is 8.87.